The van der Waals surface area contributed by atoms with E-state index in [1.807, 2.05) is 0 Å². The highest BCUT2D eigenvalue weighted by atomic mass is 16.3. The fraction of sp³-hybridized carbons (Fsp3) is 0.963. The molecule has 0 aromatic heterocycles. The van der Waals surface area contributed by atoms with E-state index >= 15 is 0 Å². The summed E-state index contributed by atoms with van der Waals surface area (Å²) in [7, 11) is 0. The minimum atomic E-state index is -0.870. The standard InChI is InChI=1S/C27H46O3/c1-17(2)7-6-8-18(3)20-9-10-23-25(20,4)14-12-24-26(5)13-11-19(29)15-21(26)22(16-28)27(23,24)30/h16-24,29-30H,6-15H2,1-5H3. The molecule has 4 saturated carbocycles. The molecule has 30 heavy (non-hydrogen) atoms. The summed E-state index contributed by atoms with van der Waals surface area (Å²) in [5.74, 6) is 2.40. The second-order valence-electron chi connectivity index (χ2n) is 12.7. The zero-order chi connectivity index (χ0) is 21.9. The van der Waals surface area contributed by atoms with Crippen LogP contribution in [-0.4, -0.2) is 28.2 Å². The Morgan fingerprint density at radius 3 is 2.30 bits per heavy atom. The third-order valence-electron chi connectivity index (χ3n) is 10.9. The van der Waals surface area contributed by atoms with Gasteiger partial charge in [-0.1, -0.05) is 53.9 Å². The summed E-state index contributed by atoms with van der Waals surface area (Å²) in [4.78, 5) is 12.4. The van der Waals surface area contributed by atoms with Crippen LogP contribution in [0.2, 0.25) is 0 Å². The molecule has 3 heteroatoms. The number of aldehydes is 1. The number of hydrogen-bond acceptors (Lipinski definition) is 3. The van der Waals surface area contributed by atoms with Crippen molar-refractivity contribution in [3.05, 3.63) is 0 Å². The van der Waals surface area contributed by atoms with Gasteiger partial charge >= 0.3 is 0 Å². The van der Waals surface area contributed by atoms with Gasteiger partial charge in [0, 0.05) is 5.92 Å². The lowest BCUT2D eigenvalue weighted by atomic mass is 9.51. The van der Waals surface area contributed by atoms with Crippen LogP contribution in [-0.2, 0) is 4.79 Å². The van der Waals surface area contributed by atoms with Crippen LogP contribution >= 0.6 is 0 Å². The maximum atomic E-state index is 12.4. The molecule has 10 atom stereocenters. The first kappa shape index (κ1) is 22.8. The van der Waals surface area contributed by atoms with Gasteiger partial charge in [-0.2, -0.15) is 0 Å². The average molecular weight is 419 g/mol. The van der Waals surface area contributed by atoms with Gasteiger partial charge in [0.2, 0.25) is 0 Å². The Hall–Kier alpha value is -0.410. The summed E-state index contributed by atoms with van der Waals surface area (Å²) in [5, 5.41) is 22.8. The van der Waals surface area contributed by atoms with E-state index in [0.29, 0.717) is 18.3 Å². The fourth-order valence-corrected chi connectivity index (χ4v) is 9.48. The van der Waals surface area contributed by atoms with E-state index in [9.17, 15) is 15.0 Å². The van der Waals surface area contributed by atoms with Gasteiger partial charge < -0.3 is 15.0 Å². The van der Waals surface area contributed by atoms with E-state index in [0.717, 1.165) is 37.9 Å². The van der Waals surface area contributed by atoms with Crippen LogP contribution < -0.4 is 0 Å². The van der Waals surface area contributed by atoms with Gasteiger partial charge in [-0.25, -0.2) is 0 Å². The molecule has 0 aliphatic heterocycles. The van der Waals surface area contributed by atoms with Crippen LogP contribution in [0.15, 0.2) is 0 Å². The van der Waals surface area contributed by atoms with Crippen molar-refractivity contribution in [3.63, 3.8) is 0 Å². The summed E-state index contributed by atoms with van der Waals surface area (Å²) < 4.78 is 0. The van der Waals surface area contributed by atoms with E-state index < -0.39 is 5.60 Å². The highest BCUT2D eigenvalue weighted by Crippen LogP contribution is 2.73. The Balaban J connectivity index is 1.61. The third kappa shape index (κ3) is 3.16. The molecule has 0 bridgehead atoms. The number of carbonyl (C=O) groups is 1. The fourth-order valence-electron chi connectivity index (χ4n) is 9.48. The molecule has 0 aromatic rings. The van der Waals surface area contributed by atoms with Crippen molar-refractivity contribution in [2.24, 2.45) is 52.3 Å². The number of carbonyl (C=O) groups excluding carboxylic acids is 1. The Labute approximate surface area is 184 Å². The van der Waals surface area contributed by atoms with E-state index in [4.69, 9.17) is 0 Å². The number of fused-ring (bicyclic) bond motifs is 5. The van der Waals surface area contributed by atoms with E-state index in [-0.39, 0.29) is 40.6 Å². The molecule has 0 spiro atoms. The Bertz CT molecular complexity index is 646. The molecule has 2 N–H and O–H groups in total. The molecule has 10 unspecified atom stereocenters. The van der Waals surface area contributed by atoms with Crippen molar-refractivity contribution in [2.75, 3.05) is 0 Å². The smallest absolute Gasteiger partial charge is 0.126 e. The van der Waals surface area contributed by atoms with Crippen molar-refractivity contribution in [1.29, 1.82) is 0 Å². The van der Waals surface area contributed by atoms with Crippen LogP contribution in [0.5, 0.6) is 0 Å². The second kappa shape index (κ2) is 7.87. The minimum absolute atomic E-state index is 0.00184. The first-order valence-corrected chi connectivity index (χ1v) is 12.9. The van der Waals surface area contributed by atoms with E-state index in [1.54, 1.807) is 0 Å². The summed E-state index contributed by atoms with van der Waals surface area (Å²) in [6.07, 6.45) is 11.7. The molecule has 0 radical (unpaired) electrons. The van der Waals surface area contributed by atoms with Gasteiger partial charge in [-0.05, 0) is 91.3 Å². The lowest BCUT2D eigenvalue weighted by Crippen LogP contribution is -2.58. The number of aliphatic hydroxyl groups is 2. The Morgan fingerprint density at radius 2 is 1.63 bits per heavy atom. The van der Waals surface area contributed by atoms with Crippen LogP contribution in [0.25, 0.3) is 0 Å². The lowest BCUT2D eigenvalue weighted by molar-refractivity contribution is -0.170. The second-order valence-corrected chi connectivity index (χ2v) is 12.7. The van der Waals surface area contributed by atoms with Gasteiger partial charge in [0.25, 0.3) is 0 Å². The van der Waals surface area contributed by atoms with Gasteiger partial charge in [-0.15, -0.1) is 0 Å². The van der Waals surface area contributed by atoms with Crippen LogP contribution in [0, 0.1) is 52.3 Å². The monoisotopic (exact) mass is 418 g/mol. The number of aliphatic hydroxyl groups excluding tert-OH is 1. The third-order valence-corrected chi connectivity index (χ3v) is 10.9. The van der Waals surface area contributed by atoms with Gasteiger partial charge in [0.15, 0.2) is 0 Å². The summed E-state index contributed by atoms with van der Waals surface area (Å²) >= 11 is 0. The lowest BCUT2D eigenvalue weighted by Gasteiger charge is -2.55. The summed E-state index contributed by atoms with van der Waals surface area (Å²) in [5.41, 5.74) is -0.724. The number of rotatable bonds is 6. The predicted molar refractivity (Wildman–Crippen MR) is 121 cm³/mol. The molecule has 4 rings (SSSR count). The van der Waals surface area contributed by atoms with E-state index in [1.165, 1.54) is 32.1 Å². The zero-order valence-corrected chi connectivity index (χ0v) is 20.1. The quantitative estimate of drug-likeness (QED) is 0.551. The molecule has 0 saturated heterocycles. The maximum absolute atomic E-state index is 12.4. The van der Waals surface area contributed by atoms with Crippen molar-refractivity contribution >= 4 is 6.29 Å². The van der Waals surface area contributed by atoms with Gasteiger partial charge in [0.1, 0.15) is 6.29 Å². The number of hydrogen-bond donors (Lipinski definition) is 2. The molecule has 4 aliphatic carbocycles. The molecule has 3 nitrogen and oxygen atoms in total. The highest BCUT2D eigenvalue weighted by molar-refractivity contribution is 5.59. The molecular weight excluding hydrogens is 372 g/mol. The largest absolute Gasteiger partial charge is 0.393 e. The predicted octanol–water partition coefficient (Wildman–Crippen LogP) is 5.62. The van der Waals surface area contributed by atoms with E-state index in [2.05, 4.69) is 34.6 Å². The van der Waals surface area contributed by atoms with Crippen molar-refractivity contribution in [1.82, 2.24) is 0 Å². The van der Waals surface area contributed by atoms with Crippen LogP contribution in [0.4, 0.5) is 0 Å². The van der Waals surface area contributed by atoms with Crippen molar-refractivity contribution in [3.8, 4) is 0 Å². The highest BCUT2D eigenvalue weighted by Gasteiger charge is 2.73. The Kier molecular flexibility index (Phi) is 5.97. The molecule has 0 aromatic carbocycles. The molecule has 4 aliphatic rings. The van der Waals surface area contributed by atoms with Crippen molar-refractivity contribution < 1.29 is 15.0 Å². The normalized spacial score (nSPS) is 51.3. The molecular formula is C27H46O3. The van der Waals surface area contributed by atoms with Gasteiger partial charge in [0.05, 0.1) is 11.7 Å². The first-order valence-electron chi connectivity index (χ1n) is 12.9. The first-order chi connectivity index (χ1) is 14.1. The van der Waals surface area contributed by atoms with Crippen LogP contribution in [0.1, 0.15) is 98.8 Å². The minimum Gasteiger partial charge on any atom is -0.393 e. The van der Waals surface area contributed by atoms with Crippen LogP contribution in [0.3, 0.4) is 0 Å². The Morgan fingerprint density at radius 1 is 0.967 bits per heavy atom. The van der Waals surface area contributed by atoms with Crippen molar-refractivity contribution in [2.45, 2.75) is 111 Å². The molecule has 172 valence electrons. The maximum Gasteiger partial charge on any atom is 0.126 e. The molecule has 0 heterocycles. The topological polar surface area (TPSA) is 57.5 Å². The summed E-state index contributed by atoms with van der Waals surface area (Å²) in [6.45, 7) is 11.8. The average Bonchev–Trinajstić information content (AvgIpc) is 3.11. The molecule has 4 fully saturated rings. The molecule has 0 amide bonds. The SMILES string of the molecule is CC(C)CCCC(C)C1CCC2C1(C)CCC1C3(C)CCC(O)CC3C(C=O)C21O. The van der Waals surface area contributed by atoms with Gasteiger partial charge in [-0.3, -0.25) is 0 Å². The summed E-state index contributed by atoms with van der Waals surface area (Å²) in [6, 6.07) is 0. The zero-order valence-electron chi connectivity index (χ0n) is 20.1.